The van der Waals surface area contributed by atoms with Crippen LogP contribution < -0.4 is 10.3 Å². The lowest BCUT2D eigenvalue weighted by atomic mass is 9.99. The van der Waals surface area contributed by atoms with Gasteiger partial charge < -0.3 is 9.15 Å². The smallest absolute Gasteiger partial charge is 0.222 e. The topological polar surface area (TPSA) is 34.7 Å². The first kappa shape index (κ1) is 18.0. The summed E-state index contributed by atoms with van der Waals surface area (Å²) in [4.78, 5) is 4.73. The minimum atomic E-state index is 0.702. The number of rotatable bonds is 7. The van der Waals surface area contributed by atoms with Crippen LogP contribution in [0.3, 0.4) is 0 Å². The van der Waals surface area contributed by atoms with Crippen molar-refractivity contribution in [3.63, 3.8) is 0 Å². The Bertz CT molecular complexity index is 952. The number of hydrogen-bond donors (Lipinski definition) is 0. The van der Waals surface area contributed by atoms with Crippen LogP contribution in [0.5, 0.6) is 5.75 Å². The number of nitrogens with zero attached hydrogens (tertiary/aromatic N) is 1. The lowest BCUT2D eigenvalue weighted by Gasteiger charge is -2.12. The molecule has 26 heavy (non-hydrogen) atoms. The summed E-state index contributed by atoms with van der Waals surface area (Å²) in [6.45, 7) is 6.86. The van der Waals surface area contributed by atoms with Gasteiger partial charge in [-0.2, -0.15) is 0 Å². The molecule has 3 heteroatoms. The second-order valence-electron chi connectivity index (χ2n) is 6.22. The van der Waals surface area contributed by atoms with E-state index >= 15 is 0 Å². The maximum atomic E-state index is 6.33. The van der Waals surface area contributed by atoms with E-state index in [0.29, 0.717) is 5.55 Å². The molecule has 0 aliphatic heterocycles. The first-order valence-electron chi connectivity index (χ1n) is 9.09. The highest BCUT2D eigenvalue weighted by Gasteiger charge is 2.13. The zero-order valence-corrected chi connectivity index (χ0v) is 15.5. The van der Waals surface area contributed by atoms with Crippen LogP contribution in [-0.2, 0) is 6.42 Å². The van der Waals surface area contributed by atoms with Crippen LogP contribution in [0, 0.1) is 0 Å². The number of benzene rings is 2. The molecular formula is C23H25NO2. The second kappa shape index (κ2) is 8.52. The molecule has 0 saturated carbocycles. The number of unbranched alkanes of at least 4 members (excludes halogenated alkanes) is 1. The molecule has 0 amide bonds. The molecule has 3 nitrogen and oxygen atoms in total. The molecule has 0 fully saturated rings. The van der Waals surface area contributed by atoms with E-state index in [9.17, 15) is 0 Å². The molecule has 0 bridgehead atoms. The summed E-state index contributed by atoms with van der Waals surface area (Å²) in [5, 5.41) is 2.22. The van der Waals surface area contributed by atoms with Crippen LogP contribution in [0.25, 0.3) is 22.1 Å². The van der Waals surface area contributed by atoms with Crippen molar-refractivity contribution in [1.82, 2.24) is 0 Å². The van der Waals surface area contributed by atoms with E-state index in [1.165, 1.54) is 5.39 Å². The van der Waals surface area contributed by atoms with Gasteiger partial charge in [0, 0.05) is 23.1 Å². The highest BCUT2D eigenvalue weighted by atomic mass is 16.5. The monoisotopic (exact) mass is 347 g/mol. The Morgan fingerprint density at radius 1 is 1.08 bits per heavy atom. The number of fused-ring (bicyclic) bond motifs is 1. The third-order valence-corrected chi connectivity index (χ3v) is 4.42. The highest BCUT2D eigenvalue weighted by Crippen LogP contribution is 2.30. The van der Waals surface area contributed by atoms with E-state index in [4.69, 9.17) is 14.1 Å². The molecule has 0 N–H and O–H groups in total. The van der Waals surface area contributed by atoms with Gasteiger partial charge in [-0.15, -0.1) is 6.58 Å². The highest BCUT2D eigenvalue weighted by molar-refractivity contribution is 5.88. The second-order valence-corrected chi connectivity index (χ2v) is 6.22. The summed E-state index contributed by atoms with van der Waals surface area (Å²) in [7, 11) is 1.67. The van der Waals surface area contributed by atoms with E-state index in [1.54, 1.807) is 7.11 Å². The molecule has 1 aromatic heterocycles. The van der Waals surface area contributed by atoms with E-state index in [1.807, 2.05) is 36.4 Å². The van der Waals surface area contributed by atoms with Crippen LogP contribution in [0.15, 0.2) is 70.6 Å². The summed E-state index contributed by atoms with van der Waals surface area (Å²) >= 11 is 0. The third kappa shape index (κ3) is 3.72. The zero-order chi connectivity index (χ0) is 18.4. The Labute approximate surface area is 154 Å². The molecule has 0 aliphatic rings. The lowest BCUT2D eigenvalue weighted by Crippen LogP contribution is -2.08. The van der Waals surface area contributed by atoms with Crippen molar-refractivity contribution in [3.8, 4) is 17.1 Å². The van der Waals surface area contributed by atoms with Gasteiger partial charge in [0.1, 0.15) is 11.5 Å². The predicted octanol–water partition coefficient (Wildman–Crippen LogP) is 5.54. The molecule has 0 spiro atoms. The van der Waals surface area contributed by atoms with Crippen molar-refractivity contribution in [2.24, 2.45) is 4.99 Å². The zero-order valence-electron chi connectivity index (χ0n) is 15.5. The van der Waals surface area contributed by atoms with E-state index in [-0.39, 0.29) is 0 Å². The standard InChI is InChI=1S/C23H25NO2/c1-4-6-16-24-23-21-11-8-7-10-19(21)20(9-5-2)22(26-23)17-12-14-18(25-3)15-13-17/h5,7-8,10-15H,2,4,6,9,16H2,1,3H3. The fourth-order valence-corrected chi connectivity index (χ4v) is 3.05. The fourth-order valence-electron chi connectivity index (χ4n) is 3.05. The SMILES string of the molecule is C=CCc1c(-c2ccc(OC)cc2)oc(=NCCCC)c2ccccc12. The Kier molecular flexibility index (Phi) is 5.90. The van der Waals surface area contributed by atoms with Crippen LogP contribution in [0.4, 0.5) is 0 Å². The van der Waals surface area contributed by atoms with Gasteiger partial charge in [0.15, 0.2) is 0 Å². The molecule has 0 atom stereocenters. The molecule has 1 heterocycles. The maximum Gasteiger partial charge on any atom is 0.222 e. The molecule has 0 aliphatic carbocycles. The molecular weight excluding hydrogens is 322 g/mol. The first-order chi connectivity index (χ1) is 12.8. The fraction of sp³-hybridized carbons (Fsp3) is 0.261. The van der Waals surface area contributed by atoms with Crippen molar-refractivity contribution in [3.05, 3.63) is 72.3 Å². The van der Waals surface area contributed by atoms with E-state index in [0.717, 1.165) is 53.8 Å². The minimum Gasteiger partial charge on any atom is -0.497 e. The van der Waals surface area contributed by atoms with Gasteiger partial charge in [-0.25, -0.2) is 0 Å². The molecule has 134 valence electrons. The molecule has 3 rings (SSSR count). The van der Waals surface area contributed by atoms with Gasteiger partial charge >= 0.3 is 0 Å². The van der Waals surface area contributed by atoms with Crippen molar-refractivity contribution in [2.45, 2.75) is 26.2 Å². The molecule has 2 aromatic carbocycles. The van der Waals surface area contributed by atoms with Crippen molar-refractivity contribution in [2.75, 3.05) is 13.7 Å². The van der Waals surface area contributed by atoms with Crippen LogP contribution in [0.2, 0.25) is 0 Å². The first-order valence-corrected chi connectivity index (χ1v) is 9.09. The number of ether oxygens (including phenoxy) is 1. The average Bonchev–Trinajstić information content (AvgIpc) is 2.70. The summed E-state index contributed by atoms with van der Waals surface area (Å²) in [5.41, 5.74) is 2.85. The van der Waals surface area contributed by atoms with E-state index in [2.05, 4.69) is 31.7 Å². The number of methoxy groups -OCH3 is 1. The van der Waals surface area contributed by atoms with E-state index < -0.39 is 0 Å². The largest absolute Gasteiger partial charge is 0.497 e. The lowest BCUT2D eigenvalue weighted by molar-refractivity contribution is 0.415. The van der Waals surface area contributed by atoms with Gasteiger partial charge in [-0.3, -0.25) is 4.99 Å². The molecule has 3 aromatic rings. The normalized spacial score (nSPS) is 11.7. The van der Waals surface area contributed by atoms with Crippen LogP contribution >= 0.6 is 0 Å². The number of hydrogen-bond acceptors (Lipinski definition) is 3. The third-order valence-electron chi connectivity index (χ3n) is 4.42. The molecule has 0 unspecified atom stereocenters. The molecule has 0 saturated heterocycles. The van der Waals surface area contributed by atoms with Crippen molar-refractivity contribution >= 4 is 10.8 Å². The Morgan fingerprint density at radius 3 is 2.46 bits per heavy atom. The van der Waals surface area contributed by atoms with Gasteiger partial charge in [0.2, 0.25) is 5.55 Å². The minimum absolute atomic E-state index is 0.702. The Morgan fingerprint density at radius 2 is 1.81 bits per heavy atom. The summed E-state index contributed by atoms with van der Waals surface area (Å²) < 4.78 is 11.6. The summed E-state index contributed by atoms with van der Waals surface area (Å²) in [6, 6.07) is 16.2. The summed E-state index contributed by atoms with van der Waals surface area (Å²) in [6.07, 6.45) is 4.82. The average molecular weight is 347 g/mol. The van der Waals surface area contributed by atoms with Crippen LogP contribution in [-0.4, -0.2) is 13.7 Å². The predicted molar refractivity (Wildman–Crippen MR) is 107 cm³/mol. The maximum absolute atomic E-state index is 6.33. The number of allylic oxidation sites excluding steroid dienone is 1. The van der Waals surface area contributed by atoms with Crippen molar-refractivity contribution < 1.29 is 9.15 Å². The Hall–Kier alpha value is -2.81. The quantitative estimate of drug-likeness (QED) is 0.415. The van der Waals surface area contributed by atoms with Crippen LogP contribution in [0.1, 0.15) is 25.3 Å². The van der Waals surface area contributed by atoms with Crippen molar-refractivity contribution in [1.29, 1.82) is 0 Å². The van der Waals surface area contributed by atoms with Gasteiger partial charge in [-0.1, -0.05) is 37.6 Å². The van der Waals surface area contributed by atoms with Gasteiger partial charge in [-0.05, 0) is 48.6 Å². The summed E-state index contributed by atoms with van der Waals surface area (Å²) in [5.74, 6) is 1.68. The van der Waals surface area contributed by atoms with Gasteiger partial charge in [0.05, 0.1) is 7.11 Å². The molecule has 0 radical (unpaired) electrons. The Balaban J connectivity index is 2.26. The van der Waals surface area contributed by atoms with Gasteiger partial charge in [0.25, 0.3) is 0 Å².